The van der Waals surface area contributed by atoms with Crippen molar-refractivity contribution in [1.29, 1.82) is 0 Å². The van der Waals surface area contributed by atoms with Crippen LogP contribution in [0.1, 0.15) is 0 Å². The van der Waals surface area contributed by atoms with Crippen molar-refractivity contribution >= 4 is 23.4 Å². The van der Waals surface area contributed by atoms with Gasteiger partial charge in [-0.3, -0.25) is 0 Å². The average molecular weight is 293 g/mol. The molecule has 0 spiro atoms. The van der Waals surface area contributed by atoms with Gasteiger partial charge in [0.25, 0.3) is 5.95 Å². The second-order valence-corrected chi connectivity index (χ2v) is 4.50. The Balaban J connectivity index is 1.94. The van der Waals surface area contributed by atoms with Gasteiger partial charge in [0, 0.05) is 6.20 Å². The highest BCUT2D eigenvalue weighted by molar-refractivity contribution is 7.99. The van der Waals surface area contributed by atoms with Crippen molar-refractivity contribution in [2.24, 2.45) is 0 Å². The van der Waals surface area contributed by atoms with Gasteiger partial charge in [0.1, 0.15) is 24.0 Å². The van der Waals surface area contributed by atoms with Gasteiger partial charge >= 0.3 is 0 Å². The molecule has 0 unspecified atom stereocenters. The van der Waals surface area contributed by atoms with Crippen molar-refractivity contribution in [2.75, 3.05) is 0 Å². The molecule has 0 aliphatic carbocycles. The molecule has 0 saturated heterocycles. The summed E-state index contributed by atoms with van der Waals surface area (Å²) in [4.78, 5) is 24.0. The van der Waals surface area contributed by atoms with Crippen molar-refractivity contribution < 1.29 is 0 Å². The first-order valence-electron chi connectivity index (χ1n) is 5.02. The molecule has 19 heavy (non-hydrogen) atoms. The summed E-state index contributed by atoms with van der Waals surface area (Å²) >= 11 is 7.12. The van der Waals surface area contributed by atoms with Gasteiger partial charge in [0.05, 0.1) is 0 Å². The van der Waals surface area contributed by atoms with Crippen molar-refractivity contribution in [3.8, 4) is 5.95 Å². The Labute approximate surface area is 116 Å². The standard InChI is InChI=1S/C9H5ClN8S/c10-7-15-8(18-5-12-4-14-18)17-9(16-7)19-6-1-2-11-3-13-6/h1-5H. The maximum Gasteiger partial charge on any atom is 0.257 e. The lowest BCUT2D eigenvalue weighted by atomic mass is 10.7. The lowest BCUT2D eigenvalue weighted by molar-refractivity contribution is 0.757. The van der Waals surface area contributed by atoms with Gasteiger partial charge in [0.15, 0.2) is 5.16 Å². The van der Waals surface area contributed by atoms with E-state index in [0.29, 0.717) is 16.1 Å². The summed E-state index contributed by atoms with van der Waals surface area (Å²) in [5, 5.41) is 5.15. The molecule has 0 bridgehead atoms. The maximum atomic E-state index is 5.86. The summed E-state index contributed by atoms with van der Waals surface area (Å²) in [6, 6.07) is 1.75. The lowest BCUT2D eigenvalue weighted by Crippen LogP contribution is -2.04. The Hall–Kier alpha value is -2.13. The molecule has 3 rings (SSSR count). The van der Waals surface area contributed by atoms with E-state index in [1.807, 2.05) is 0 Å². The highest BCUT2D eigenvalue weighted by Crippen LogP contribution is 2.22. The first kappa shape index (κ1) is 11.9. The van der Waals surface area contributed by atoms with Crippen LogP contribution in [0.4, 0.5) is 0 Å². The number of rotatable bonds is 3. The van der Waals surface area contributed by atoms with Crippen LogP contribution in [0.3, 0.4) is 0 Å². The second-order valence-electron chi connectivity index (χ2n) is 3.18. The Morgan fingerprint density at radius 3 is 2.79 bits per heavy atom. The van der Waals surface area contributed by atoms with E-state index in [9.17, 15) is 0 Å². The molecule has 0 aliphatic rings. The topological polar surface area (TPSA) is 95.2 Å². The molecule has 0 amide bonds. The van der Waals surface area contributed by atoms with Crippen LogP contribution in [-0.2, 0) is 0 Å². The lowest BCUT2D eigenvalue weighted by Gasteiger charge is -2.02. The first-order chi connectivity index (χ1) is 9.31. The first-order valence-corrected chi connectivity index (χ1v) is 6.21. The fourth-order valence-electron chi connectivity index (χ4n) is 1.21. The molecular weight excluding hydrogens is 288 g/mol. The molecule has 0 aromatic carbocycles. The molecule has 0 fully saturated rings. The monoisotopic (exact) mass is 292 g/mol. The average Bonchev–Trinajstić information content (AvgIpc) is 2.93. The predicted molar refractivity (Wildman–Crippen MR) is 65.9 cm³/mol. The SMILES string of the molecule is Clc1nc(Sc2ccncn2)nc(-n2cncn2)n1. The number of hydrogen-bond donors (Lipinski definition) is 0. The number of nitrogens with zero attached hydrogens (tertiary/aromatic N) is 8. The Morgan fingerprint density at radius 2 is 2.05 bits per heavy atom. The third-order valence-corrected chi connectivity index (χ3v) is 2.93. The molecule has 8 nitrogen and oxygen atoms in total. The van der Waals surface area contributed by atoms with Crippen molar-refractivity contribution in [2.45, 2.75) is 10.2 Å². The summed E-state index contributed by atoms with van der Waals surface area (Å²) in [6.07, 6.45) is 5.94. The molecule has 3 aromatic heterocycles. The van der Waals surface area contributed by atoms with Crippen LogP contribution in [0.25, 0.3) is 5.95 Å². The van der Waals surface area contributed by atoms with Gasteiger partial charge in [-0.2, -0.15) is 24.7 Å². The van der Waals surface area contributed by atoms with Gasteiger partial charge in [-0.15, -0.1) is 0 Å². The number of hydrogen-bond acceptors (Lipinski definition) is 8. The number of aromatic nitrogens is 8. The Kier molecular flexibility index (Phi) is 3.29. The molecule has 0 atom stereocenters. The normalized spacial score (nSPS) is 10.6. The van der Waals surface area contributed by atoms with Gasteiger partial charge < -0.3 is 0 Å². The smallest absolute Gasteiger partial charge is 0.245 e. The van der Waals surface area contributed by atoms with E-state index in [2.05, 4.69) is 35.0 Å². The zero-order valence-electron chi connectivity index (χ0n) is 9.25. The largest absolute Gasteiger partial charge is 0.257 e. The molecule has 94 valence electrons. The van der Waals surface area contributed by atoms with Crippen LogP contribution >= 0.6 is 23.4 Å². The zero-order valence-corrected chi connectivity index (χ0v) is 10.8. The molecule has 3 aromatic rings. The van der Waals surface area contributed by atoms with E-state index in [-0.39, 0.29) is 5.28 Å². The Bertz CT molecular complexity index is 674. The fourth-order valence-corrected chi connectivity index (χ4v) is 2.10. The van der Waals surface area contributed by atoms with E-state index in [1.54, 1.807) is 12.3 Å². The fraction of sp³-hybridized carbons (Fsp3) is 0. The zero-order chi connectivity index (χ0) is 13.1. The van der Waals surface area contributed by atoms with Crippen LogP contribution in [0.5, 0.6) is 0 Å². The van der Waals surface area contributed by atoms with E-state index in [0.717, 1.165) is 0 Å². The van der Waals surface area contributed by atoms with Crippen molar-refractivity contribution in [3.63, 3.8) is 0 Å². The van der Waals surface area contributed by atoms with Crippen LogP contribution in [-0.4, -0.2) is 39.7 Å². The highest BCUT2D eigenvalue weighted by Gasteiger charge is 2.09. The van der Waals surface area contributed by atoms with E-state index in [1.165, 1.54) is 35.4 Å². The van der Waals surface area contributed by atoms with Crippen molar-refractivity contribution in [1.82, 2.24) is 39.7 Å². The summed E-state index contributed by atoms with van der Waals surface area (Å²) in [6.45, 7) is 0. The van der Waals surface area contributed by atoms with Gasteiger partial charge in [-0.05, 0) is 29.4 Å². The van der Waals surface area contributed by atoms with Crippen LogP contribution in [0.2, 0.25) is 5.28 Å². The predicted octanol–water partition coefficient (Wildman–Crippen LogP) is 1.05. The van der Waals surface area contributed by atoms with Gasteiger partial charge in [0.2, 0.25) is 5.28 Å². The van der Waals surface area contributed by atoms with Crippen LogP contribution in [0, 0.1) is 0 Å². The van der Waals surface area contributed by atoms with E-state index >= 15 is 0 Å². The van der Waals surface area contributed by atoms with Crippen LogP contribution in [0.15, 0.2) is 41.4 Å². The summed E-state index contributed by atoms with van der Waals surface area (Å²) in [5.41, 5.74) is 0. The maximum absolute atomic E-state index is 5.86. The minimum atomic E-state index is 0.0806. The van der Waals surface area contributed by atoms with Crippen LogP contribution < -0.4 is 0 Å². The molecule has 0 saturated carbocycles. The molecular formula is C9H5ClN8S. The molecule has 3 heterocycles. The number of halogens is 1. The minimum absolute atomic E-state index is 0.0806. The molecule has 0 aliphatic heterocycles. The van der Waals surface area contributed by atoms with Gasteiger partial charge in [-0.25, -0.2) is 15.0 Å². The second kappa shape index (κ2) is 5.24. The third-order valence-electron chi connectivity index (χ3n) is 1.95. The molecule has 0 radical (unpaired) electrons. The highest BCUT2D eigenvalue weighted by atomic mass is 35.5. The van der Waals surface area contributed by atoms with Gasteiger partial charge in [-0.1, -0.05) is 0 Å². The summed E-state index contributed by atoms with van der Waals surface area (Å²) in [7, 11) is 0. The minimum Gasteiger partial charge on any atom is -0.245 e. The van der Waals surface area contributed by atoms with E-state index in [4.69, 9.17) is 11.6 Å². The summed E-state index contributed by atoms with van der Waals surface area (Å²) in [5.74, 6) is 0.300. The molecule has 10 heteroatoms. The third kappa shape index (κ3) is 2.83. The molecule has 0 N–H and O–H groups in total. The van der Waals surface area contributed by atoms with E-state index < -0.39 is 0 Å². The Morgan fingerprint density at radius 1 is 1.11 bits per heavy atom. The summed E-state index contributed by atoms with van der Waals surface area (Å²) < 4.78 is 1.40. The van der Waals surface area contributed by atoms with Crippen molar-refractivity contribution in [3.05, 3.63) is 36.5 Å². The quantitative estimate of drug-likeness (QED) is 0.661.